The monoisotopic (exact) mass is 221 g/mol. The van der Waals surface area contributed by atoms with Crippen LogP contribution in [0.25, 0.3) is 0 Å². The number of aromatic nitrogens is 3. The van der Waals surface area contributed by atoms with Crippen molar-refractivity contribution in [2.24, 2.45) is 0 Å². The van der Waals surface area contributed by atoms with E-state index in [1.807, 2.05) is 0 Å². The zero-order chi connectivity index (χ0) is 10.7. The Bertz CT molecular complexity index is 461. The lowest BCUT2D eigenvalue weighted by atomic mass is 10.4. The van der Waals surface area contributed by atoms with E-state index in [1.165, 1.54) is 6.20 Å². The third-order valence-electron chi connectivity index (χ3n) is 1.69. The molecular weight excluding hydrogens is 214 g/mol. The quantitative estimate of drug-likeness (QED) is 0.732. The van der Waals surface area contributed by atoms with Gasteiger partial charge in [-0.15, -0.1) is 0 Å². The molecule has 0 radical (unpaired) electrons. The molecule has 0 aliphatic carbocycles. The van der Waals surface area contributed by atoms with Gasteiger partial charge in [-0.3, -0.25) is 4.98 Å². The summed E-state index contributed by atoms with van der Waals surface area (Å²) in [6.07, 6.45) is 4.80. The van der Waals surface area contributed by atoms with Crippen LogP contribution in [0.1, 0.15) is 5.82 Å². The summed E-state index contributed by atoms with van der Waals surface area (Å²) in [6.45, 7) is 1.76. The van der Waals surface area contributed by atoms with Crippen LogP contribution in [0, 0.1) is 6.92 Å². The highest BCUT2D eigenvalue weighted by molar-refractivity contribution is 6.30. The topological polar surface area (TPSA) is 47.9 Å². The molecule has 0 saturated heterocycles. The van der Waals surface area contributed by atoms with E-state index in [0.29, 0.717) is 22.5 Å². The molecule has 0 saturated carbocycles. The number of aryl methyl sites for hydroxylation is 1. The maximum Gasteiger partial charge on any atom is 0.183 e. The highest BCUT2D eigenvalue weighted by atomic mass is 35.5. The zero-order valence-electron chi connectivity index (χ0n) is 8.01. The molecule has 5 heteroatoms. The fraction of sp³-hybridized carbons (Fsp3) is 0.100. The molecule has 0 aliphatic heterocycles. The molecule has 0 bridgehead atoms. The maximum absolute atomic E-state index is 5.88. The Morgan fingerprint density at radius 1 is 1.33 bits per heavy atom. The molecule has 2 heterocycles. The number of rotatable bonds is 2. The predicted octanol–water partition coefficient (Wildman–Crippen LogP) is 2.63. The van der Waals surface area contributed by atoms with Gasteiger partial charge in [0.25, 0.3) is 0 Å². The van der Waals surface area contributed by atoms with Gasteiger partial charge in [0.05, 0.1) is 12.4 Å². The maximum atomic E-state index is 5.88. The van der Waals surface area contributed by atoms with Gasteiger partial charge in [-0.05, 0) is 19.1 Å². The average Bonchev–Trinajstić information content (AvgIpc) is 2.24. The van der Waals surface area contributed by atoms with Crippen LogP contribution in [-0.4, -0.2) is 15.0 Å². The van der Waals surface area contributed by atoms with E-state index in [0.717, 1.165) is 0 Å². The van der Waals surface area contributed by atoms with Gasteiger partial charge in [-0.25, -0.2) is 9.97 Å². The summed E-state index contributed by atoms with van der Waals surface area (Å²) in [5.74, 6) is 1.64. The fourth-order valence-corrected chi connectivity index (χ4v) is 1.24. The number of nitrogens with zero attached hydrogens (tertiary/aromatic N) is 3. The molecule has 0 aromatic carbocycles. The van der Waals surface area contributed by atoms with Crippen molar-refractivity contribution in [1.82, 2.24) is 15.0 Å². The number of hydrogen-bond donors (Lipinski definition) is 0. The molecule has 2 aromatic heterocycles. The molecule has 0 aliphatic rings. The first kappa shape index (κ1) is 9.86. The van der Waals surface area contributed by atoms with Crippen LogP contribution in [0.2, 0.25) is 5.15 Å². The molecule has 0 fully saturated rings. The van der Waals surface area contributed by atoms with E-state index in [2.05, 4.69) is 15.0 Å². The highest BCUT2D eigenvalue weighted by Crippen LogP contribution is 2.25. The van der Waals surface area contributed by atoms with Gasteiger partial charge >= 0.3 is 0 Å². The van der Waals surface area contributed by atoms with Gasteiger partial charge in [-0.1, -0.05) is 11.6 Å². The molecule has 15 heavy (non-hydrogen) atoms. The smallest absolute Gasteiger partial charge is 0.183 e. The van der Waals surface area contributed by atoms with Crippen LogP contribution in [0.4, 0.5) is 0 Å². The van der Waals surface area contributed by atoms with E-state index in [9.17, 15) is 0 Å². The van der Waals surface area contributed by atoms with Gasteiger partial charge in [0.1, 0.15) is 11.6 Å². The Kier molecular flexibility index (Phi) is 2.78. The van der Waals surface area contributed by atoms with E-state index in [-0.39, 0.29) is 0 Å². The fourth-order valence-electron chi connectivity index (χ4n) is 1.03. The van der Waals surface area contributed by atoms with Gasteiger partial charge in [0.15, 0.2) is 10.9 Å². The Labute approximate surface area is 91.9 Å². The third-order valence-corrected chi connectivity index (χ3v) is 1.96. The summed E-state index contributed by atoms with van der Waals surface area (Å²) in [4.78, 5) is 11.9. The summed E-state index contributed by atoms with van der Waals surface area (Å²) in [5.41, 5.74) is 0. The second-order valence-corrected chi connectivity index (χ2v) is 3.22. The molecule has 4 nitrogen and oxygen atoms in total. The van der Waals surface area contributed by atoms with Crippen molar-refractivity contribution in [3.8, 4) is 11.5 Å². The Morgan fingerprint density at radius 2 is 2.20 bits per heavy atom. The highest BCUT2D eigenvalue weighted by Gasteiger charge is 2.05. The van der Waals surface area contributed by atoms with Gasteiger partial charge < -0.3 is 4.74 Å². The molecule has 0 amide bonds. The van der Waals surface area contributed by atoms with Crippen molar-refractivity contribution >= 4 is 11.6 Å². The molecule has 0 spiro atoms. The largest absolute Gasteiger partial charge is 0.451 e. The lowest BCUT2D eigenvalue weighted by molar-refractivity contribution is 0.475. The SMILES string of the molecule is Cc1ncc(Oc2cccnc2)c(Cl)n1. The lowest BCUT2D eigenvalue weighted by Gasteiger charge is -2.05. The van der Waals surface area contributed by atoms with Crippen molar-refractivity contribution in [3.05, 3.63) is 41.7 Å². The van der Waals surface area contributed by atoms with Crippen molar-refractivity contribution in [2.45, 2.75) is 6.92 Å². The molecule has 2 rings (SSSR count). The second-order valence-electron chi connectivity index (χ2n) is 2.86. The van der Waals surface area contributed by atoms with Gasteiger partial charge in [0.2, 0.25) is 0 Å². The Morgan fingerprint density at radius 3 is 2.87 bits per heavy atom. The van der Waals surface area contributed by atoms with Crippen LogP contribution in [0.15, 0.2) is 30.7 Å². The van der Waals surface area contributed by atoms with Crippen molar-refractivity contribution in [2.75, 3.05) is 0 Å². The molecule has 0 N–H and O–H groups in total. The molecule has 0 atom stereocenters. The van der Waals surface area contributed by atoms with E-state index in [1.54, 1.807) is 31.5 Å². The van der Waals surface area contributed by atoms with Crippen LogP contribution in [0.3, 0.4) is 0 Å². The first-order chi connectivity index (χ1) is 7.25. The summed E-state index contributed by atoms with van der Waals surface area (Å²) in [5, 5.41) is 0.298. The van der Waals surface area contributed by atoms with E-state index < -0.39 is 0 Å². The average molecular weight is 222 g/mol. The number of hydrogen-bond acceptors (Lipinski definition) is 4. The summed E-state index contributed by atoms with van der Waals surface area (Å²) in [7, 11) is 0. The van der Waals surface area contributed by atoms with E-state index >= 15 is 0 Å². The van der Waals surface area contributed by atoms with Crippen LogP contribution in [0.5, 0.6) is 11.5 Å². The summed E-state index contributed by atoms with van der Waals surface area (Å²) in [6, 6.07) is 3.56. The minimum absolute atomic E-state index is 0.298. The second kappa shape index (κ2) is 4.23. The Balaban J connectivity index is 2.25. The predicted molar refractivity (Wildman–Crippen MR) is 56.1 cm³/mol. The van der Waals surface area contributed by atoms with E-state index in [4.69, 9.17) is 16.3 Å². The van der Waals surface area contributed by atoms with Gasteiger partial charge in [-0.2, -0.15) is 0 Å². The number of halogens is 1. The zero-order valence-corrected chi connectivity index (χ0v) is 8.77. The number of pyridine rings is 1. The standard InChI is InChI=1S/C10H8ClN3O/c1-7-13-6-9(10(11)14-7)15-8-3-2-4-12-5-8/h2-6H,1H3. The minimum Gasteiger partial charge on any atom is -0.451 e. The summed E-state index contributed by atoms with van der Waals surface area (Å²) < 4.78 is 5.44. The van der Waals surface area contributed by atoms with Gasteiger partial charge in [0, 0.05) is 6.20 Å². The first-order valence-corrected chi connectivity index (χ1v) is 4.70. The minimum atomic E-state index is 0.298. The normalized spacial score (nSPS) is 10.0. The van der Waals surface area contributed by atoms with Crippen LogP contribution >= 0.6 is 11.6 Å². The summed E-state index contributed by atoms with van der Waals surface area (Å²) >= 11 is 5.88. The molecular formula is C10H8ClN3O. The van der Waals surface area contributed by atoms with Crippen molar-refractivity contribution in [3.63, 3.8) is 0 Å². The molecule has 76 valence electrons. The molecule has 2 aromatic rings. The van der Waals surface area contributed by atoms with Crippen molar-refractivity contribution in [1.29, 1.82) is 0 Å². The lowest BCUT2D eigenvalue weighted by Crippen LogP contribution is -1.92. The van der Waals surface area contributed by atoms with Crippen molar-refractivity contribution < 1.29 is 4.74 Å². The van der Waals surface area contributed by atoms with Crippen LogP contribution in [-0.2, 0) is 0 Å². The number of ether oxygens (including phenoxy) is 1. The Hall–Kier alpha value is -1.68. The first-order valence-electron chi connectivity index (χ1n) is 4.33. The molecule has 0 unspecified atom stereocenters. The van der Waals surface area contributed by atoms with Crippen LogP contribution < -0.4 is 4.74 Å². The third kappa shape index (κ3) is 2.41.